The smallest absolute Gasteiger partial charge is 0.148 e. The maximum atomic E-state index is 5.72. The number of hydrogen-bond acceptors (Lipinski definition) is 2. The van der Waals surface area contributed by atoms with Gasteiger partial charge in [0, 0.05) is 11.3 Å². The van der Waals surface area contributed by atoms with Crippen molar-refractivity contribution < 1.29 is 0 Å². The maximum Gasteiger partial charge on any atom is 0.148 e. The van der Waals surface area contributed by atoms with Crippen LogP contribution in [0.3, 0.4) is 0 Å². The van der Waals surface area contributed by atoms with E-state index in [0.717, 1.165) is 29.7 Å². The van der Waals surface area contributed by atoms with Gasteiger partial charge in [0.1, 0.15) is 5.82 Å². The minimum Gasteiger partial charge on any atom is -0.382 e. The molecule has 0 bridgehead atoms. The van der Waals surface area contributed by atoms with Crippen molar-refractivity contribution >= 4 is 5.82 Å². The van der Waals surface area contributed by atoms with Crippen LogP contribution in [0.25, 0.3) is 0 Å². The van der Waals surface area contributed by atoms with E-state index in [-0.39, 0.29) is 0 Å². The van der Waals surface area contributed by atoms with Gasteiger partial charge in [-0.3, -0.25) is 5.10 Å². The van der Waals surface area contributed by atoms with E-state index in [1.165, 1.54) is 25.0 Å². The van der Waals surface area contributed by atoms with Crippen LogP contribution in [0.2, 0.25) is 0 Å². The van der Waals surface area contributed by atoms with Gasteiger partial charge in [-0.25, -0.2) is 0 Å². The van der Waals surface area contributed by atoms with Crippen LogP contribution in [-0.2, 0) is 6.42 Å². The predicted molar refractivity (Wildman–Crippen MR) is 55.8 cm³/mol. The first-order valence-corrected chi connectivity index (χ1v) is 5.55. The molecule has 0 radical (unpaired) electrons. The standard InChI is InChI=1S/C11H17N3/c1-6-10(13-14-11(6)12)5-8-3-2-7-4-9(7)8/h7-9H,2-5H2,1H3,(H3,12,13,14). The van der Waals surface area contributed by atoms with Crippen LogP contribution in [0, 0.1) is 24.7 Å². The molecule has 0 aliphatic heterocycles. The van der Waals surface area contributed by atoms with Gasteiger partial charge < -0.3 is 5.73 Å². The number of rotatable bonds is 2. The summed E-state index contributed by atoms with van der Waals surface area (Å²) >= 11 is 0. The van der Waals surface area contributed by atoms with Crippen LogP contribution in [0.15, 0.2) is 0 Å². The summed E-state index contributed by atoms with van der Waals surface area (Å²) in [5.74, 6) is 3.67. The summed E-state index contributed by atoms with van der Waals surface area (Å²) < 4.78 is 0. The van der Waals surface area contributed by atoms with Gasteiger partial charge >= 0.3 is 0 Å². The molecule has 3 nitrogen and oxygen atoms in total. The van der Waals surface area contributed by atoms with Gasteiger partial charge in [-0.05, 0) is 50.4 Å². The van der Waals surface area contributed by atoms with Crippen molar-refractivity contribution in [3.63, 3.8) is 0 Å². The quantitative estimate of drug-likeness (QED) is 0.750. The summed E-state index contributed by atoms with van der Waals surface area (Å²) in [4.78, 5) is 0. The number of nitrogens with one attached hydrogen (secondary N) is 1. The topological polar surface area (TPSA) is 54.7 Å². The summed E-state index contributed by atoms with van der Waals surface area (Å²) in [5, 5.41) is 7.11. The lowest BCUT2D eigenvalue weighted by atomic mass is 9.96. The number of anilines is 1. The first-order chi connectivity index (χ1) is 6.75. The third kappa shape index (κ3) is 1.15. The molecule has 2 aliphatic carbocycles. The average molecular weight is 191 g/mol. The molecule has 3 unspecified atom stereocenters. The van der Waals surface area contributed by atoms with E-state index in [2.05, 4.69) is 17.1 Å². The highest BCUT2D eigenvalue weighted by Crippen LogP contribution is 2.56. The van der Waals surface area contributed by atoms with E-state index in [1.807, 2.05) is 0 Å². The Hall–Kier alpha value is -0.990. The second kappa shape index (κ2) is 2.75. The van der Waals surface area contributed by atoms with E-state index in [4.69, 9.17) is 5.73 Å². The van der Waals surface area contributed by atoms with E-state index >= 15 is 0 Å². The summed E-state index contributed by atoms with van der Waals surface area (Å²) in [5.41, 5.74) is 8.14. The Kier molecular flexibility index (Phi) is 1.64. The second-order valence-corrected chi connectivity index (χ2v) is 4.91. The van der Waals surface area contributed by atoms with E-state index in [9.17, 15) is 0 Å². The zero-order valence-electron chi connectivity index (χ0n) is 8.59. The van der Waals surface area contributed by atoms with Crippen LogP contribution >= 0.6 is 0 Å². The fraction of sp³-hybridized carbons (Fsp3) is 0.727. The van der Waals surface area contributed by atoms with Crippen LogP contribution in [-0.4, -0.2) is 10.2 Å². The second-order valence-electron chi connectivity index (χ2n) is 4.91. The van der Waals surface area contributed by atoms with E-state index in [0.29, 0.717) is 5.82 Å². The molecule has 2 saturated carbocycles. The highest BCUT2D eigenvalue weighted by Gasteiger charge is 2.47. The molecule has 0 spiro atoms. The largest absolute Gasteiger partial charge is 0.382 e. The highest BCUT2D eigenvalue weighted by molar-refractivity contribution is 5.40. The van der Waals surface area contributed by atoms with Gasteiger partial charge in [0.05, 0.1) is 0 Å². The summed E-state index contributed by atoms with van der Waals surface area (Å²) in [7, 11) is 0. The van der Waals surface area contributed by atoms with Crippen molar-refractivity contribution in [2.45, 2.75) is 32.6 Å². The Morgan fingerprint density at radius 2 is 2.36 bits per heavy atom. The Balaban J connectivity index is 1.74. The summed E-state index contributed by atoms with van der Waals surface area (Å²) in [6.07, 6.45) is 5.51. The van der Waals surface area contributed by atoms with E-state index < -0.39 is 0 Å². The SMILES string of the molecule is Cc1c(N)n[nH]c1CC1CCC2CC12. The third-order valence-corrected chi connectivity index (χ3v) is 4.11. The van der Waals surface area contributed by atoms with Gasteiger partial charge in [0.15, 0.2) is 0 Å². The first kappa shape index (κ1) is 8.33. The van der Waals surface area contributed by atoms with Gasteiger partial charge in [0.25, 0.3) is 0 Å². The van der Waals surface area contributed by atoms with Gasteiger partial charge in [-0.15, -0.1) is 0 Å². The highest BCUT2D eigenvalue weighted by atomic mass is 15.2. The van der Waals surface area contributed by atoms with Crippen molar-refractivity contribution in [3.8, 4) is 0 Å². The molecule has 2 aliphatic rings. The normalized spacial score (nSPS) is 34.5. The minimum absolute atomic E-state index is 0.672. The number of H-pyrrole nitrogens is 1. The lowest BCUT2D eigenvalue weighted by Crippen LogP contribution is -2.05. The molecule has 3 atom stereocenters. The Morgan fingerprint density at radius 1 is 1.50 bits per heavy atom. The predicted octanol–water partition coefficient (Wildman–Crippen LogP) is 1.89. The van der Waals surface area contributed by atoms with Crippen molar-refractivity contribution in [1.29, 1.82) is 0 Å². The number of hydrogen-bond donors (Lipinski definition) is 2. The zero-order chi connectivity index (χ0) is 9.71. The van der Waals surface area contributed by atoms with Crippen LogP contribution in [0.1, 0.15) is 30.5 Å². The molecule has 0 amide bonds. The molecule has 3 N–H and O–H groups in total. The van der Waals surface area contributed by atoms with Gasteiger partial charge in [-0.1, -0.05) is 0 Å². The molecule has 14 heavy (non-hydrogen) atoms. The van der Waals surface area contributed by atoms with Crippen molar-refractivity contribution in [2.24, 2.45) is 17.8 Å². The van der Waals surface area contributed by atoms with Crippen LogP contribution in [0.5, 0.6) is 0 Å². The number of nitrogens with zero attached hydrogens (tertiary/aromatic N) is 1. The number of aromatic amines is 1. The fourth-order valence-electron chi connectivity index (χ4n) is 2.99. The average Bonchev–Trinajstić information content (AvgIpc) is 2.78. The molecule has 1 aromatic rings. The van der Waals surface area contributed by atoms with Gasteiger partial charge in [0.2, 0.25) is 0 Å². The molecule has 3 heteroatoms. The molecule has 0 saturated heterocycles. The maximum absolute atomic E-state index is 5.72. The number of aromatic nitrogens is 2. The van der Waals surface area contributed by atoms with Gasteiger partial charge in [-0.2, -0.15) is 5.10 Å². The monoisotopic (exact) mass is 191 g/mol. The molecular weight excluding hydrogens is 174 g/mol. The lowest BCUT2D eigenvalue weighted by molar-refractivity contribution is 0.471. The van der Waals surface area contributed by atoms with Crippen molar-refractivity contribution in [3.05, 3.63) is 11.3 Å². The summed E-state index contributed by atoms with van der Waals surface area (Å²) in [6.45, 7) is 2.06. The van der Waals surface area contributed by atoms with Crippen LogP contribution < -0.4 is 5.73 Å². The fourth-order valence-corrected chi connectivity index (χ4v) is 2.99. The van der Waals surface area contributed by atoms with Crippen molar-refractivity contribution in [2.75, 3.05) is 5.73 Å². The molecule has 1 heterocycles. The lowest BCUT2D eigenvalue weighted by Gasteiger charge is -2.10. The number of fused-ring (bicyclic) bond motifs is 1. The molecule has 2 fully saturated rings. The molecule has 1 aromatic heterocycles. The van der Waals surface area contributed by atoms with E-state index in [1.54, 1.807) is 0 Å². The van der Waals surface area contributed by atoms with Crippen LogP contribution in [0.4, 0.5) is 5.82 Å². The molecule has 3 rings (SSSR count). The zero-order valence-corrected chi connectivity index (χ0v) is 8.59. The number of nitrogens with two attached hydrogens (primary N) is 1. The van der Waals surface area contributed by atoms with Crippen molar-refractivity contribution in [1.82, 2.24) is 10.2 Å². The molecular formula is C11H17N3. The number of nitrogen functional groups attached to an aromatic ring is 1. The Labute approximate surface area is 84.1 Å². The Morgan fingerprint density at radius 3 is 2.86 bits per heavy atom. The summed E-state index contributed by atoms with van der Waals surface area (Å²) in [6, 6.07) is 0. The molecule has 76 valence electrons. The molecule has 0 aromatic carbocycles. The first-order valence-electron chi connectivity index (χ1n) is 5.55. The minimum atomic E-state index is 0.672. The Bertz CT molecular complexity index is 355. The third-order valence-electron chi connectivity index (χ3n) is 4.11.